The average Bonchev–Trinajstić information content (AvgIpc) is 3.18. The van der Waals surface area contributed by atoms with Crippen molar-refractivity contribution in [3.63, 3.8) is 0 Å². The van der Waals surface area contributed by atoms with Crippen LogP contribution in [0, 0.1) is 5.92 Å². The second-order valence-electron chi connectivity index (χ2n) is 5.80. The quantitative estimate of drug-likeness (QED) is 0.768. The van der Waals surface area contributed by atoms with E-state index in [0.29, 0.717) is 11.3 Å². The lowest BCUT2D eigenvalue weighted by Gasteiger charge is -2.37. The molecule has 1 atom stereocenters. The maximum Gasteiger partial charge on any atom is 0.272 e. The molecule has 0 saturated heterocycles. The second kappa shape index (κ2) is 5.75. The number of nitrogens with zero attached hydrogens (tertiary/aromatic N) is 3. The van der Waals surface area contributed by atoms with Crippen molar-refractivity contribution < 1.29 is 9.90 Å². The Morgan fingerprint density at radius 2 is 2.30 bits per heavy atom. The molecule has 0 spiro atoms. The Bertz CT molecular complexity index is 791. The molecule has 4 rings (SSSR count). The number of hydrogen-bond donors (Lipinski definition) is 2. The summed E-state index contributed by atoms with van der Waals surface area (Å²) in [7, 11) is 0. The molecule has 1 fully saturated rings. The van der Waals surface area contributed by atoms with Gasteiger partial charge in [-0.25, -0.2) is 9.50 Å². The zero-order chi connectivity index (χ0) is 15.8. The van der Waals surface area contributed by atoms with Crippen LogP contribution in [0.1, 0.15) is 34.2 Å². The molecule has 0 bridgehead atoms. The number of nitrogens with one attached hydrogen (secondary N) is 1. The highest BCUT2D eigenvalue weighted by atomic mass is 32.1. The van der Waals surface area contributed by atoms with Gasteiger partial charge in [0.2, 0.25) is 0 Å². The number of carbonyl (C=O) groups is 1. The van der Waals surface area contributed by atoms with E-state index in [-0.39, 0.29) is 24.0 Å². The van der Waals surface area contributed by atoms with Gasteiger partial charge in [0.15, 0.2) is 11.3 Å². The zero-order valence-electron chi connectivity index (χ0n) is 12.3. The van der Waals surface area contributed by atoms with Gasteiger partial charge in [-0.05, 0) is 36.3 Å². The van der Waals surface area contributed by atoms with E-state index in [1.807, 2.05) is 17.5 Å². The summed E-state index contributed by atoms with van der Waals surface area (Å²) in [5.41, 5.74) is 0.995. The summed E-state index contributed by atoms with van der Waals surface area (Å²) in [5, 5.41) is 18.9. The third-order valence-electron chi connectivity index (χ3n) is 4.23. The number of aliphatic hydroxyl groups excluding tert-OH is 1. The molecule has 1 aliphatic carbocycles. The molecule has 6 nitrogen and oxygen atoms in total. The van der Waals surface area contributed by atoms with E-state index < -0.39 is 0 Å². The fraction of sp³-hybridized carbons (Fsp3) is 0.312. The third-order valence-corrected chi connectivity index (χ3v) is 5.18. The lowest BCUT2D eigenvalue weighted by atomic mass is 9.76. The molecule has 3 heterocycles. The highest BCUT2D eigenvalue weighted by Crippen LogP contribution is 2.39. The lowest BCUT2D eigenvalue weighted by molar-refractivity contribution is 0.0240. The van der Waals surface area contributed by atoms with Crippen LogP contribution >= 0.6 is 11.3 Å². The number of fused-ring (bicyclic) bond motifs is 1. The molecule has 3 aromatic heterocycles. The topological polar surface area (TPSA) is 79.5 Å². The maximum atomic E-state index is 12.6. The molecule has 0 aliphatic heterocycles. The second-order valence-corrected chi connectivity index (χ2v) is 6.78. The maximum absolute atomic E-state index is 12.6. The van der Waals surface area contributed by atoms with E-state index in [0.717, 1.165) is 17.7 Å². The van der Waals surface area contributed by atoms with E-state index in [4.69, 9.17) is 0 Å². The Morgan fingerprint density at radius 1 is 1.43 bits per heavy atom. The molecule has 1 amide bonds. The van der Waals surface area contributed by atoms with E-state index >= 15 is 0 Å². The number of rotatable bonds is 4. The van der Waals surface area contributed by atoms with Crippen LogP contribution in [-0.2, 0) is 0 Å². The number of amides is 1. The van der Waals surface area contributed by atoms with Crippen LogP contribution < -0.4 is 5.32 Å². The number of thiophene rings is 1. The molecular weight excluding hydrogens is 312 g/mol. The van der Waals surface area contributed by atoms with E-state index in [1.165, 1.54) is 0 Å². The van der Waals surface area contributed by atoms with Crippen molar-refractivity contribution in [2.75, 3.05) is 0 Å². The van der Waals surface area contributed by atoms with Gasteiger partial charge >= 0.3 is 0 Å². The molecule has 0 aromatic carbocycles. The van der Waals surface area contributed by atoms with Crippen molar-refractivity contribution >= 4 is 22.9 Å². The van der Waals surface area contributed by atoms with Gasteiger partial charge in [-0.2, -0.15) is 5.10 Å². The molecule has 0 radical (unpaired) electrons. The van der Waals surface area contributed by atoms with Crippen LogP contribution in [-0.4, -0.2) is 31.7 Å². The molecule has 1 saturated carbocycles. The summed E-state index contributed by atoms with van der Waals surface area (Å²) in [4.78, 5) is 17.9. The van der Waals surface area contributed by atoms with Crippen LogP contribution in [0.15, 0.2) is 42.0 Å². The summed E-state index contributed by atoms with van der Waals surface area (Å²) in [6, 6.07) is 7.36. The zero-order valence-corrected chi connectivity index (χ0v) is 13.1. The Morgan fingerprint density at radius 3 is 3.00 bits per heavy atom. The molecule has 1 unspecified atom stereocenters. The van der Waals surface area contributed by atoms with Gasteiger partial charge in [0.25, 0.3) is 5.91 Å². The summed E-state index contributed by atoms with van der Waals surface area (Å²) in [5.74, 6) is 0.0537. The van der Waals surface area contributed by atoms with Crippen LogP contribution in [0.4, 0.5) is 0 Å². The number of carbonyl (C=O) groups excluding carboxylic acids is 1. The highest BCUT2D eigenvalue weighted by Gasteiger charge is 2.36. The van der Waals surface area contributed by atoms with Gasteiger partial charge in [0.1, 0.15) is 0 Å². The molecule has 2 N–H and O–H groups in total. The van der Waals surface area contributed by atoms with Crippen LogP contribution in [0.5, 0.6) is 0 Å². The van der Waals surface area contributed by atoms with Crippen LogP contribution in [0.2, 0.25) is 0 Å². The van der Waals surface area contributed by atoms with Crippen molar-refractivity contribution in [1.82, 2.24) is 19.9 Å². The lowest BCUT2D eigenvalue weighted by Crippen LogP contribution is -2.41. The number of hydrogen-bond acceptors (Lipinski definition) is 5. The molecular formula is C16H16N4O2S. The van der Waals surface area contributed by atoms with Crippen molar-refractivity contribution in [2.24, 2.45) is 5.92 Å². The van der Waals surface area contributed by atoms with E-state index in [9.17, 15) is 9.90 Å². The Balaban J connectivity index is 1.57. The van der Waals surface area contributed by atoms with Crippen molar-refractivity contribution in [2.45, 2.75) is 25.0 Å². The van der Waals surface area contributed by atoms with Gasteiger partial charge in [-0.1, -0.05) is 6.07 Å². The fourth-order valence-corrected chi connectivity index (χ4v) is 3.82. The average molecular weight is 328 g/mol. The Labute approximate surface area is 136 Å². The molecule has 1 aliphatic rings. The predicted molar refractivity (Wildman–Crippen MR) is 86.2 cm³/mol. The summed E-state index contributed by atoms with van der Waals surface area (Å²) in [6.45, 7) is 0. The molecule has 3 aromatic rings. The van der Waals surface area contributed by atoms with Gasteiger partial charge in [-0.15, -0.1) is 11.3 Å². The Kier molecular flexibility index (Phi) is 3.59. The fourth-order valence-electron chi connectivity index (χ4n) is 2.95. The normalized spacial score (nSPS) is 21.8. The highest BCUT2D eigenvalue weighted by molar-refractivity contribution is 7.10. The van der Waals surface area contributed by atoms with Crippen molar-refractivity contribution in [3.8, 4) is 0 Å². The van der Waals surface area contributed by atoms with Crippen molar-refractivity contribution in [3.05, 3.63) is 52.6 Å². The molecule has 7 heteroatoms. The van der Waals surface area contributed by atoms with Crippen LogP contribution in [0.25, 0.3) is 5.65 Å². The third kappa shape index (κ3) is 2.73. The minimum atomic E-state index is -0.251. The smallest absolute Gasteiger partial charge is 0.272 e. The number of aliphatic hydroxyl groups is 1. The molecule has 118 valence electrons. The number of aromatic nitrogens is 3. The standard InChI is InChI=1S/C16H16N4O2S/c21-11-7-10(8-11)15(13-3-1-6-23-13)18-16(22)12-9-14-17-4-2-5-20(14)19-12/h1-6,9-11,15,21H,7-8H2,(H,18,22). The van der Waals surface area contributed by atoms with Crippen molar-refractivity contribution in [1.29, 1.82) is 0 Å². The minimum Gasteiger partial charge on any atom is -0.393 e. The first kappa shape index (κ1) is 14.3. The summed E-state index contributed by atoms with van der Waals surface area (Å²) in [6.07, 6.45) is 4.62. The van der Waals surface area contributed by atoms with Gasteiger partial charge in [0.05, 0.1) is 12.1 Å². The first-order valence-corrected chi connectivity index (χ1v) is 8.41. The van der Waals surface area contributed by atoms with E-state index in [1.54, 1.807) is 40.4 Å². The monoisotopic (exact) mass is 328 g/mol. The summed E-state index contributed by atoms with van der Waals surface area (Å²) < 4.78 is 1.59. The minimum absolute atomic E-state index is 0.0799. The molecule has 23 heavy (non-hydrogen) atoms. The SMILES string of the molecule is O=C(NC(c1cccs1)C1CC(O)C1)c1cc2ncccn2n1. The predicted octanol–water partition coefficient (Wildman–Crippen LogP) is 2.03. The van der Waals surface area contributed by atoms with Crippen LogP contribution in [0.3, 0.4) is 0 Å². The van der Waals surface area contributed by atoms with E-state index in [2.05, 4.69) is 15.4 Å². The van der Waals surface area contributed by atoms with Gasteiger partial charge in [0, 0.05) is 23.3 Å². The Hall–Kier alpha value is -2.25. The summed E-state index contributed by atoms with van der Waals surface area (Å²) >= 11 is 1.62. The first-order valence-electron chi connectivity index (χ1n) is 7.53. The largest absolute Gasteiger partial charge is 0.393 e. The van der Waals surface area contributed by atoms with Gasteiger partial charge in [-0.3, -0.25) is 4.79 Å². The van der Waals surface area contributed by atoms with Gasteiger partial charge < -0.3 is 10.4 Å². The first-order chi connectivity index (χ1) is 11.2.